The largest absolute Gasteiger partial charge is 0.508 e. The Morgan fingerprint density at radius 1 is 0.944 bits per heavy atom. The normalized spacial score (nSPS) is 10.9. The molecular formula is C17H14O. The molecule has 3 rings (SSSR count). The lowest BCUT2D eigenvalue weighted by molar-refractivity contribution is 0.476. The first-order valence-electron chi connectivity index (χ1n) is 5.96. The number of phenols is 1. The molecule has 1 heteroatoms. The molecule has 0 aliphatic rings. The van der Waals surface area contributed by atoms with Crippen molar-refractivity contribution in [2.24, 2.45) is 0 Å². The van der Waals surface area contributed by atoms with E-state index in [0.717, 1.165) is 16.3 Å². The maximum atomic E-state index is 9.53. The number of hydrogen-bond donors (Lipinski definition) is 1. The SMILES string of the molecule is C=C(C)c1cccc2cc3cc(O)ccc3cc12. The van der Waals surface area contributed by atoms with Crippen molar-refractivity contribution in [1.29, 1.82) is 0 Å². The van der Waals surface area contributed by atoms with Gasteiger partial charge in [-0.1, -0.05) is 36.4 Å². The Morgan fingerprint density at radius 2 is 1.78 bits per heavy atom. The molecule has 3 aromatic carbocycles. The summed E-state index contributed by atoms with van der Waals surface area (Å²) >= 11 is 0. The van der Waals surface area contributed by atoms with Crippen molar-refractivity contribution in [2.75, 3.05) is 0 Å². The van der Waals surface area contributed by atoms with Crippen molar-refractivity contribution in [3.63, 3.8) is 0 Å². The van der Waals surface area contributed by atoms with E-state index in [-0.39, 0.29) is 0 Å². The summed E-state index contributed by atoms with van der Waals surface area (Å²) in [6.07, 6.45) is 0. The summed E-state index contributed by atoms with van der Waals surface area (Å²) in [7, 11) is 0. The Hall–Kier alpha value is -2.28. The molecule has 1 nitrogen and oxygen atoms in total. The van der Waals surface area contributed by atoms with Crippen molar-refractivity contribution >= 4 is 27.1 Å². The topological polar surface area (TPSA) is 20.2 Å². The smallest absolute Gasteiger partial charge is 0.116 e. The van der Waals surface area contributed by atoms with E-state index in [1.807, 2.05) is 19.1 Å². The van der Waals surface area contributed by atoms with Crippen LogP contribution in [-0.4, -0.2) is 5.11 Å². The standard InChI is InChI=1S/C17H14O/c1-11(2)16-5-3-4-13-8-14-9-15(18)7-6-12(14)10-17(13)16/h3-10,18H,1H2,2H3. The summed E-state index contributed by atoms with van der Waals surface area (Å²) in [6.45, 7) is 6.05. The molecule has 3 aromatic rings. The first kappa shape index (κ1) is 10.8. The van der Waals surface area contributed by atoms with Gasteiger partial charge in [0.05, 0.1) is 0 Å². The second-order valence-corrected chi connectivity index (χ2v) is 4.69. The summed E-state index contributed by atoms with van der Waals surface area (Å²) in [5.74, 6) is 0.304. The first-order chi connectivity index (χ1) is 8.65. The zero-order valence-electron chi connectivity index (χ0n) is 10.3. The van der Waals surface area contributed by atoms with Crippen LogP contribution in [0.4, 0.5) is 0 Å². The van der Waals surface area contributed by atoms with Crippen molar-refractivity contribution in [3.05, 3.63) is 60.7 Å². The van der Waals surface area contributed by atoms with Gasteiger partial charge in [0.2, 0.25) is 0 Å². The Morgan fingerprint density at radius 3 is 2.56 bits per heavy atom. The Labute approximate surface area is 106 Å². The third-order valence-corrected chi connectivity index (χ3v) is 3.28. The minimum absolute atomic E-state index is 0.304. The summed E-state index contributed by atoms with van der Waals surface area (Å²) in [4.78, 5) is 0. The number of hydrogen-bond acceptors (Lipinski definition) is 1. The van der Waals surface area contributed by atoms with Gasteiger partial charge >= 0.3 is 0 Å². The molecule has 88 valence electrons. The molecule has 0 radical (unpaired) electrons. The zero-order valence-corrected chi connectivity index (χ0v) is 10.3. The lowest BCUT2D eigenvalue weighted by Crippen LogP contribution is -1.83. The van der Waals surface area contributed by atoms with Crippen LogP contribution in [0.15, 0.2) is 55.1 Å². The number of aromatic hydroxyl groups is 1. The second-order valence-electron chi connectivity index (χ2n) is 4.69. The van der Waals surface area contributed by atoms with Crippen LogP contribution in [0.5, 0.6) is 5.75 Å². The van der Waals surface area contributed by atoms with Gasteiger partial charge in [-0.25, -0.2) is 0 Å². The fraction of sp³-hybridized carbons (Fsp3) is 0.0588. The van der Waals surface area contributed by atoms with Crippen LogP contribution in [0.2, 0.25) is 0 Å². The molecule has 0 atom stereocenters. The van der Waals surface area contributed by atoms with Gasteiger partial charge in [-0.15, -0.1) is 0 Å². The average Bonchev–Trinajstić information content (AvgIpc) is 2.35. The Balaban J connectivity index is 2.44. The van der Waals surface area contributed by atoms with Crippen LogP contribution < -0.4 is 0 Å². The highest BCUT2D eigenvalue weighted by molar-refractivity contribution is 6.03. The third-order valence-electron chi connectivity index (χ3n) is 3.28. The van der Waals surface area contributed by atoms with E-state index >= 15 is 0 Å². The summed E-state index contributed by atoms with van der Waals surface area (Å²) in [6, 6.07) is 16.0. The molecule has 0 heterocycles. The number of benzene rings is 3. The quantitative estimate of drug-likeness (QED) is 0.603. The predicted octanol–water partition coefficient (Wildman–Crippen LogP) is 4.73. The maximum Gasteiger partial charge on any atom is 0.116 e. The molecule has 0 aliphatic carbocycles. The fourth-order valence-corrected chi connectivity index (χ4v) is 2.38. The van der Waals surface area contributed by atoms with Crippen molar-refractivity contribution in [1.82, 2.24) is 0 Å². The molecule has 1 N–H and O–H groups in total. The summed E-state index contributed by atoms with van der Waals surface area (Å²) in [5, 5.41) is 14.1. The van der Waals surface area contributed by atoms with Crippen LogP contribution in [0.3, 0.4) is 0 Å². The van der Waals surface area contributed by atoms with E-state index in [9.17, 15) is 5.11 Å². The predicted molar refractivity (Wildman–Crippen MR) is 77.8 cm³/mol. The molecule has 0 spiro atoms. The highest BCUT2D eigenvalue weighted by Gasteiger charge is 2.04. The van der Waals surface area contributed by atoms with Gasteiger partial charge in [-0.05, 0) is 58.3 Å². The molecule has 0 aliphatic heterocycles. The average molecular weight is 234 g/mol. The molecule has 0 saturated carbocycles. The van der Waals surface area contributed by atoms with E-state index in [1.54, 1.807) is 12.1 Å². The Kier molecular flexibility index (Phi) is 2.34. The highest BCUT2D eigenvalue weighted by atomic mass is 16.3. The van der Waals surface area contributed by atoms with E-state index in [4.69, 9.17) is 0 Å². The van der Waals surface area contributed by atoms with Gasteiger partial charge in [-0.3, -0.25) is 0 Å². The van der Waals surface area contributed by atoms with E-state index in [2.05, 4.69) is 30.8 Å². The minimum Gasteiger partial charge on any atom is -0.508 e. The molecule has 0 saturated heterocycles. The maximum absolute atomic E-state index is 9.53. The van der Waals surface area contributed by atoms with Gasteiger partial charge in [0.25, 0.3) is 0 Å². The van der Waals surface area contributed by atoms with E-state index in [0.29, 0.717) is 5.75 Å². The highest BCUT2D eigenvalue weighted by Crippen LogP contribution is 2.30. The Bertz CT molecular complexity index is 769. The van der Waals surface area contributed by atoms with E-state index in [1.165, 1.54) is 16.3 Å². The lowest BCUT2D eigenvalue weighted by atomic mass is 9.97. The number of phenolic OH excluding ortho intramolecular Hbond substituents is 1. The van der Waals surface area contributed by atoms with Crippen molar-refractivity contribution in [3.8, 4) is 5.75 Å². The number of allylic oxidation sites excluding steroid dienone is 1. The molecule has 0 unspecified atom stereocenters. The van der Waals surface area contributed by atoms with Crippen LogP contribution in [0.25, 0.3) is 27.1 Å². The molecule has 0 fully saturated rings. The second kappa shape index (κ2) is 3.88. The molecule has 0 bridgehead atoms. The molecule has 18 heavy (non-hydrogen) atoms. The van der Waals surface area contributed by atoms with Crippen LogP contribution in [0.1, 0.15) is 12.5 Å². The molecular weight excluding hydrogens is 220 g/mol. The van der Waals surface area contributed by atoms with Crippen LogP contribution >= 0.6 is 0 Å². The lowest BCUT2D eigenvalue weighted by Gasteiger charge is -2.08. The van der Waals surface area contributed by atoms with Crippen molar-refractivity contribution < 1.29 is 5.11 Å². The van der Waals surface area contributed by atoms with Gasteiger partial charge in [0.15, 0.2) is 0 Å². The van der Waals surface area contributed by atoms with Crippen LogP contribution in [-0.2, 0) is 0 Å². The zero-order chi connectivity index (χ0) is 12.7. The minimum atomic E-state index is 0.304. The van der Waals surface area contributed by atoms with Gasteiger partial charge < -0.3 is 5.11 Å². The molecule has 0 aromatic heterocycles. The molecule has 0 amide bonds. The van der Waals surface area contributed by atoms with Gasteiger partial charge in [-0.2, -0.15) is 0 Å². The number of rotatable bonds is 1. The summed E-state index contributed by atoms with van der Waals surface area (Å²) < 4.78 is 0. The number of fused-ring (bicyclic) bond motifs is 2. The van der Waals surface area contributed by atoms with Crippen LogP contribution in [0, 0.1) is 0 Å². The monoisotopic (exact) mass is 234 g/mol. The fourth-order valence-electron chi connectivity index (χ4n) is 2.38. The summed E-state index contributed by atoms with van der Waals surface area (Å²) in [5.41, 5.74) is 2.25. The van der Waals surface area contributed by atoms with E-state index < -0.39 is 0 Å². The van der Waals surface area contributed by atoms with Gasteiger partial charge in [0, 0.05) is 0 Å². The van der Waals surface area contributed by atoms with Gasteiger partial charge in [0.1, 0.15) is 5.75 Å². The first-order valence-corrected chi connectivity index (χ1v) is 5.96. The van der Waals surface area contributed by atoms with Crippen molar-refractivity contribution in [2.45, 2.75) is 6.92 Å². The third kappa shape index (κ3) is 1.65.